The molecule has 0 fully saturated rings. The summed E-state index contributed by atoms with van der Waals surface area (Å²) in [7, 11) is 0. The lowest BCUT2D eigenvalue weighted by atomic mass is 10.0. The molecule has 0 saturated heterocycles. The summed E-state index contributed by atoms with van der Waals surface area (Å²) in [5, 5.41) is 7.79. The average Bonchev–Trinajstić information content (AvgIpc) is 2.91. The van der Waals surface area contributed by atoms with Crippen molar-refractivity contribution >= 4 is 23.6 Å². The van der Waals surface area contributed by atoms with Crippen LogP contribution < -0.4 is 20.7 Å². The zero-order valence-corrected chi connectivity index (χ0v) is 20.1. The Morgan fingerprint density at radius 1 is 1.08 bits per heavy atom. The number of benzene rings is 2. The molecule has 0 aliphatic carbocycles. The van der Waals surface area contributed by atoms with E-state index in [9.17, 15) is 27.6 Å². The molecule has 0 radical (unpaired) electrons. The zero-order chi connectivity index (χ0) is 26.5. The maximum Gasteiger partial charge on any atom is 0.573 e. The molecule has 3 rings (SSSR count). The van der Waals surface area contributed by atoms with Crippen molar-refractivity contribution in [3.63, 3.8) is 0 Å². The quantitative estimate of drug-likeness (QED) is 0.546. The van der Waals surface area contributed by atoms with Crippen LogP contribution >= 0.6 is 0 Å². The van der Waals surface area contributed by atoms with Gasteiger partial charge >= 0.3 is 12.5 Å². The lowest BCUT2D eigenvalue weighted by Crippen LogP contribution is -2.53. The molecule has 0 saturated carbocycles. The van der Waals surface area contributed by atoms with Crippen LogP contribution in [0.1, 0.15) is 38.3 Å². The number of aryl methyl sites for hydroxylation is 1. The third-order valence-corrected chi connectivity index (χ3v) is 5.24. The number of hydrogen-bond donors (Lipinski definition) is 3. The highest BCUT2D eigenvalue weighted by atomic mass is 19.4. The fraction of sp³-hybridized carbons (Fsp3) is 0.400. The number of amides is 3. The summed E-state index contributed by atoms with van der Waals surface area (Å²) in [5.74, 6) is -1.70. The van der Waals surface area contributed by atoms with E-state index >= 15 is 0 Å². The number of halogens is 3. The van der Waals surface area contributed by atoms with Crippen LogP contribution in [-0.4, -0.2) is 42.0 Å². The van der Waals surface area contributed by atoms with Gasteiger partial charge in [-0.3, -0.25) is 9.59 Å². The topological polar surface area (TPSA) is 106 Å². The van der Waals surface area contributed by atoms with E-state index in [4.69, 9.17) is 4.74 Å². The Morgan fingerprint density at radius 3 is 2.44 bits per heavy atom. The number of carbonyl (C=O) groups is 3. The molecule has 1 heterocycles. The monoisotopic (exact) mass is 507 g/mol. The summed E-state index contributed by atoms with van der Waals surface area (Å²) in [6.45, 7) is 4.88. The number of alkyl halides is 3. The molecule has 11 heteroatoms. The number of alkyl carbamates (subject to hydrolysis) is 1. The maximum atomic E-state index is 13.2. The Labute approximate surface area is 206 Å². The predicted octanol–water partition coefficient (Wildman–Crippen LogP) is 4.09. The second kappa shape index (κ2) is 10.9. The highest BCUT2D eigenvalue weighted by Crippen LogP contribution is 2.27. The average molecular weight is 508 g/mol. The van der Waals surface area contributed by atoms with Gasteiger partial charge in [-0.25, -0.2) is 4.79 Å². The molecular weight excluding hydrogens is 479 g/mol. The molecular formula is C25H28F3N3O5. The fourth-order valence-electron chi connectivity index (χ4n) is 3.70. The highest BCUT2D eigenvalue weighted by Gasteiger charge is 2.34. The van der Waals surface area contributed by atoms with E-state index in [-0.39, 0.29) is 12.0 Å². The van der Waals surface area contributed by atoms with Crippen LogP contribution in [0.5, 0.6) is 5.75 Å². The van der Waals surface area contributed by atoms with Gasteiger partial charge in [0.05, 0.1) is 0 Å². The molecule has 0 aromatic heterocycles. The van der Waals surface area contributed by atoms with Crippen molar-refractivity contribution in [1.29, 1.82) is 0 Å². The van der Waals surface area contributed by atoms with Crippen molar-refractivity contribution in [2.24, 2.45) is 0 Å². The van der Waals surface area contributed by atoms with E-state index in [1.165, 1.54) is 18.2 Å². The lowest BCUT2D eigenvalue weighted by Gasteiger charge is -2.25. The van der Waals surface area contributed by atoms with Gasteiger partial charge in [-0.15, -0.1) is 13.2 Å². The molecule has 2 aromatic rings. The Morgan fingerprint density at radius 2 is 1.75 bits per heavy atom. The first-order valence-electron chi connectivity index (χ1n) is 11.3. The summed E-state index contributed by atoms with van der Waals surface area (Å²) < 4.78 is 47.9. The molecule has 2 atom stereocenters. The Hall–Kier alpha value is -3.76. The van der Waals surface area contributed by atoms with Crippen molar-refractivity contribution < 1.29 is 37.0 Å². The van der Waals surface area contributed by atoms with Crippen molar-refractivity contribution in [3.8, 4) is 5.75 Å². The Bertz CT molecular complexity index is 1110. The summed E-state index contributed by atoms with van der Waals surface area (Å²) in [5.41, 5.74) is 0.698. The molecule has 2 aromatic carbocycles. The molecule has 8 nitrogen and oxygen atoms in total. The minimum Gasteiger partial charge on any atom is -0.444 e. The number of hydrogen-bond acceptors (Lipinski definition) is 5. The van der Waals surface area contributed by atoms with Gasteiger partial charge in [0.25, 0.3) is 0 Å². The van der Waals surface area contributed by atoms with Crippen molar-refractivity contribution in [2.75, 3.05) is 5.32 Å². The third-order valence-electron chi connectivity index (χ3n) is 5.24. The number of carbonyl (C=O) groups excluding carboxylic acids is 3. The second-order valence-electron chi connectivity index (χ2n) is 9.30. The van der Waals surface area contributed by atoms with E-state index in [0.29, 0.717) is 18.5 Å². The van der Waals surface area contributed by atoms with Gasteiger partial charge in [-0.1, -0.05) is 36.4 Å². The first kappa shape index (κ1) is 26.8. The molecule has 1 aliphatic heterocycles. The smallest absolute Gasteiger partial charge is 0.444 e. The molecule has 0 unspecified atom stereocenters. The minimum atomic E-state index is -4.94. The molecule has 0 spiro atoms. The van der Waals surface area contributed by atoms with E-state index in [1.54, 1.807) is 32.9 Å². The van der Waals surface area contributed by atoms with E-state index in [1.807, 2.05) is 12.1 Å². The molecule has 3 amide bonds. The first-order valence-corrected chi connectivity index (χ1v) is 11.3. The van der Waals surface area contributed by atoms with Crippen LogP contribution in [0.3, 0.4) is 0 Å². The van der Waals surface area contributed by atoms with Gasteiger partial charge in [0.2, 0.25) is 11.8 Å². The molecule has 3 N–H and O–H groups in total. The molecule has 194 valence electrons. The number of para-hydroxylation sites is 2. The lowest BCUT2D eigenvalue weighted by molar-refractivity contribution is -0.274. The Kier molecular flexibility index (Phi) is 8.11. The highest BCUT2D eigenvalue weighted by molar-refractivity contribution is 5.99. The summed E-state index contributed by atoms with van der Waals surface area (Å²) >= 11 is 0. The summed E-state index contributed by atoms with van der Waals surface area (Å²) in [4.78, 5) is 38.4. The summed E-state index contributed by atoms with van der Waals surface area (Å²) in [6.07, 6.45) is -5.42. The number of ether oxygens (including phenoxy) is 2. The minimum absolute atomic E-state index is 0.0313. The van der Waals surface area contributed by atoms with Crippen LogP contribution in [0, 0.1) is 0 Å². The predicted molar refractivity (Wildman–Crippen MR) is 125 cm³/mol. The maximum absolute atomic E-state index is 13.2. The van der Waals surface area contributed by atoms with Gasteiger partial charge in [0, 0.05) is 12.1 Å². The van der Waals surface area contributed by atoms with Crippen LogP contribution in [-0.2, 0) is 27.2 Å². The first-order chi connectivity index (χ1) is 16.8. The van der Waals surface area contributed by atoms with E-state index in [2.05, 4.69) is 20.7 Å². The largest absolute Gasteiger partial charge is 0.573 e. The van der Waals surface area contributed by atoms with Crippen molar-refractivity contribution in [3.05, 3.63) is 59.7 Å². The van der Waals surface area contributed by atoms with Gasteiger partial charge in [0.15, 0.2) is 0 Å². The zero-order valence-electron chi connectivity index (χ0n) is 20.1. The van der Waals surface area contributed by atoms with Crippen molar-refractivity contribution in [2.45, 2.75) is 64.1 Å². The molecule has 0 bridgehead atoms. The second-order valence-corrected chi connectivity index (χ2v) is 9.30. The van der Waals surface area contributed by atoms with Gasteiger partial charge in [-0.05, 0) is 56.9 Å². The standard InChI is InChI=1S/C25H28F3N3O5/c1-24(2,3)36-23(34)31-19(14-16-9-5-7-11-20(16)35-25(26,27)28)22(33)30-18-13-12-15-8-4-6-10-17(15)29-21(18)32/h4-11,18-19H,12-14H2,1-3H3,(H,29,32)(H,30,33)(H,31,34)/t18-,19-/m1/s1. The molecule has 1 aliphatic rings. The van der Waals surface area contributed by atoms with E-state index < -0.39 is 47.7 Å². The van der Waals surface area contributed by atoms with Crippen molar-refractivity contribution in [1.82, 2.24) is 10.6 Å². The normalized spacial score (nSPS) is 16.6. The van der Waals surface area contributed by atoms with Gasteiger partial charge in [0.1, 0.15) is 23.4 Å². The number of nitrogens with one attached hydrogen (secondary N) is 3. The van der Waals surface area contributed by atoms with Gasteiger partial charge < -0.3 is 25.4 Å². The van der Waals surface area contributed by atoms with Gasteiger partial charge in [-0.2, -0.15) is 0 Å². The van der Waals surface area contributed by atoms with Crippen LogP contribution in [0.2, 0.25) is 0 Å². The fourth-order valence-corrected chi connectivity index (χ4v) is 3.70. The van der Waals surface area contributed by atoms with Crippen LogP contribution in [0.25, 0.3) is 0 Å². The van der Waals surface area contributed by atoms with Crippen LogP contribution in [0.15, 0.2) is 48.5 Å². The number of rotatable bonds is 6. The molecule has 36 heavy (non-hydrogen) atoms. The number of fused-ring (bicyclic) bond motifs is 1. The SMILES string of the molecule is CC(C)(C)OC(=O)N[C@H](Cc1ccccc1OC(F)(F)F)C(=O)N[C@@H]1CCc2ccccc2NC1=O. The van der Waals surface area contributed by atoms with Crippen LogP contribution in [0.4, 0.5) is 23.7 Å². The number of anilines is 1. The van der Waals surface area contributed by atoms with E-state index in [0.717, 1.165) is 11.6 Å². The summed E-state index contributed by atoms with van der Waals surface area (Å²) in [6, 6.07) is 10.3. The third kappa shape index (κ3) is 7.89. The Balaban J connectivity index is 1.80.